The van der Waals surface area contributed by atoms with E-state index in [0.29, 0.717) is 17.7 Å². The standard InChI is InChI=1S/C30H29F8NO5S/c1-17-2-6-21(7-3-17)45(43,44)27-14-15-39(24(40)18-10-12-26(31,13-11-18)25(41)42)23(27)9-4-19-16-20(5-8-22(19)27)28(32,29(33,34)35)30(36,37)38/h2-3,5-8,16,18,23H,4,9-15H2,1H3,(H,41,42). The van der Waals surface area contributed by atoms with E-state index in [-0.39, 0.29) is 54.7 Å². The monoisotopic (exact) mass is 667 g/mol. The number of sulfone groups is 1. The van der Waals surface area contributed by atoms with Gasteiger partial charge in [-0.05, 0) is 75.1 Å². The van der Waals surface area contributed by atoms with Crippen molar-refractivity contribution in [1.82, 2.24) is 4.90 Å². The highest BCUT2D eigenvalue weighted by molar-refractivity contribution is 7.92. The van der Waals surface area contributed by atoms with Crippen molar-refractivity contribution in [3.63, 3.8) is 0 Å². The van der Waals surface area contributed by atoms with Gasteiger partial charge in [0.1, 0.15) is 4.75 Å². The number of carboxylic acids is 1. The van der Waals surface area contributed by atoms with Gasteiger partial charge in [-0.15, -0.1) is 0 Å². The topological polar surface area (TPSA) is 91.8 Å². The zero-order valence-electron chi connectivity index (χ0n) is 23.8. The summed E-state index contributed by atoms with van der Waals surface area (Å²) in [6.45, 7) is 1.56. The summed E-state index contributed by atoms with van der Waals surface area (Å²) in [5, 5.41) is 9.20. The molecule has 2 aromatic carbocycles. The van der Waals surface area contributed by atoms with Crippen molar-refractivity contribution >= 4 is 21.7 Å². The number of hydrogen-bond donors (Lipinski definition) is 1. The normalized spacial score (nSPS) is 27.5. The summed E-state index contributed by atoms with van der Waals surface area (Å²) >= 11 is 0. The molecule has 1 saturated heterocycles. The first kappa shape index (κ1) is 33.1. The van der Waals surface area contributed by atoms with Crippen LogP contribution < -0.4 is 0 Å². The molecule has 0 aromatic heterocycles. The van der Waals surface area contributed by atoms with E-state index in [4.69, 9.17) is 0 Å². The van der Waals surface area contributed by atoms with E-state index in [1.165, 1.54) is 29.2 Å². The minimum absolute atomic E-state index is 0.115. The molecule has 1 aliphatic heterocycles. The van der Waals surface area contributed by atoms with Gasteiger partial charge >= 0.3 is 24.0 Å². The molecule has 246 valence electrons. The van der Waals surface area contributed by atoms with Crippen molar-refractivity contribution in [3.05, 3.63) is 64.7 Å². The predicted molar refractivity (Wildman–Crippen MR) is 143 cm³/mol. The number of halogens is 8. The smallest absolute Gasteiger partial charge is 0.435 e. The summed E-state index contributed by atoms with van der Waals surface area (Å²) in [4.78, 5) is 26.2. The van der Waals surface area contributed by atoms with E-state index in [1.54, 1.807) is 6.92 Å². The first-order valence-electron chi connectivity index (χ1n) is 14.2. The summed E-state index contributed by atoms with van der Waals surface area (Å²) in [6.07, 6.45) is -14.5. The number of hydrogen-bond acceptors (Lipinski definition) is 4. The lowest BCUT2D eigenvalue weighted by molar-refractivity contribution is -0.348. The van der Waals surface area contributed by atoms with Crippen LogP contribution in [0.3, 0.4) is 0 Å². The number of carbonyl (C=O) groups excluding carboxylic acids is 1. The molecule has 2 aromatic rings. The van der Waals surface area contributed by atoms with Gasteiger partial charge in [-0.1, -0.05) is 35.9 Å². The number of aliphatic carboxylic acids is 1. The molecular formula is C30H29F8NO5S. The fraction of sp³-hybridized carbons (Fsp3) is 0.533. The fourth-order valence-corrected chi connectivity index (χ4v) is 9.56. The Labute approximate surface area is 253 Å². The molecule has 1 N–H and O–H groups in total. The molecule has 5 rings (SSSR count). The highest BCUT2D eigenvalue weighted by Crippen LogP contribution is 2.57. The maximum absolute atomic E-state index is 15.0. The Kier molecular flexibility index (Phi) is 7.85. The Morgan fingerprint density at radius 2 is 1.47 bits per heavy atom. The van der Waals surface area contributed by atoms with Crippen molar-refractivity contribution in [1.29, 1.82) is 0 Å². The molecule has 3 aliphatic rings. The Morgan fingerprint density at radius 3 is 2.00 bits per heavy atom. The van der Waals surface area contributed by atoms with E-state index in [1.807, 2.05) is 0 Å². The molecule has 0 spiro atoms. The number of carbonyl (C=O) groups is 2. The van der Waals surface area contributed by atoms with Crippen LogP contribution in [-0.4, -0.2) is 60.9 Å². The van der Waals surface area contributed by atoms with Crippen molar-refractivity contribution in [2.24, 2.45) is 5.92 Å². The lowest BCUT2D eigenvalue weighted by Crippen LogP contribution is -2.54. The lowest BCUT2D eigenvalue weighted by atomic mass is 9.76. The highest BCUT2D eigenvalue weighted by atomic mass is 32.2. The summed E-state index contributed by atoms with van der Waals surface area (Å²) < 4.78 is 138. The van der Waals surface area contributed by atoms with Gasteiger partial charge in [0.2, 0.25) is 11.6 Å². The van der Waals surface area contributed by atoms with Crippen LogP contribution in [0.15, 0.2) is 47.4 Å². The second-order valence-corrected chi connectivity index (χ2v) is 14.3. The van der Waals surface area contributed by atoms with E-state index in [2.05, 4.69) is 0 Å². The minimum atomic E-state index is -6.36. The Hall–Kier alpha value is -3.23. The molecule has 0 bridgehead atoms. The van der Waals surface area contributed by atoms with Gasteiger partial charge in [0.25, 0.3) is 0 Å². The number of aryl methyl sites for hydroxylation is 2. The zero-order chi connectivity index (χ0) is 33.4. The average molecular weight is 668 g/mol. The lowest BCUT2D eigenvalue weighted by Gasteiger charge is -2.44. The Morgan fingerprint density at radius 1 is 0.889 bits per heavy atom. The SMILES string of the molecule is Cc1ccc(S(=O)(=O)C23CCN(C(=O)C4CCC(F)(C(=O)O)CC4)C2CCc2cc(C(F)(C(F)(F)F)C(F)(F)F)ccc23)cc1. The average Bonchev–Trinajstić information content (AvgIpc) is 3.37. The van der Waals surface area contributed by atoms with Crippen molar-refractivity contribution in [2.75, 3.05) is 6.54 Å². The second kappa shape index (κ2) is 10.7. The Bertz CT molecular complexity index is 1600. The molecule has 45 heavy (non-hydrogen) atoms. The number of rotatable bonds is 5. The molecule has 2 fully saturated rings. The third-order valence-corrected chi connectivity index (χ3v) is 12.2. The van der Waals surface area contributed by atoms with Crippen LogP contribution in [0.4, 0.5) is 35.1 Å². The number of alkyl halides is 8. The van der Waals surface area contributed by atoms with Gasteiger partial charge in [-0.2, -0.15) is 26.3 Å². The van der Waals surface area contributed by atoms with Crippen LogP contribution in [0.25, 0.3) is 0 Å². The number of nitrogens with zero attached hydrogens (tertiary/aromatic N) is 1. The molecular weight excluding hydrogens is 638 g/mol. The van der Waals surface area contributed by atoms with Gasteiger partial charge in [0.05, 0.1) is 10.9 Å². The highest BCUT2D eigenvalue weighted by Gasteiger charge is 2.74. The van der Waals surface area contributed by atoms with Crippen molar-refractivity contribution in [2.45, 2.75) is 91.2 Å². The summed E-state index contributed by atoms with van der Waals surface area (Å²) in [5.41, 5.74) is -9.58. The summed E-state index contributed by atoms with van der Waals surface area (Å²) in [6, 6.07) is 6.06. The minimum Gasteiger partial charge on any atom is -0.479 e. The van der Waals surface area contributed by atoms with Crippen LogP contribution in [-0.2, 0) is 36.3 Å². The maximum Gasteiger partial charge on any atom is 0.435 e. The molecule has 15 heteroatoms. The molecule has 0 radical (unpaired) electrons. The largest absolute Gasteiger partial charge is 0.479 e. The zero-order valence-corrected chi connectivity index (χ0v) is 24.6. The second-order valence-electron chi connectivity index (χ2n) is 12.1. The number of amides is 1. The predicted octanol–water partition coefficient (Wildman–Crippen LogP) is 6.48. The molecule has 1 amide bonds. The quantitative estimate of drug-likeness (QED) is 0.369. The van der Waals surface area contributed by atoms with Gasteiger partial charge < -0.3 is 10.0 Å². The van der Waals surface area contributed by atoms with E-state index < -0.39 is 80.5 Å². The summed E-state index contributed by atoms with van der Waals surface area (Å²) in [7, 11) is -4.49. The molecule has 1 heterocycles. The van der Waals surface area contributed by atoms with E-state index in [9.17, 15) is 53.8 Å². The maximum atomic E-state index is 15.0. The van der Waals surface area contributed by atoms with Crippen LogP contribution in [0.2, 0.25) is 0 Å². The molecule has 2 unspecified atom stereocenters. The number of fused-ring (bicyclic) bond motifs is 3. The number of benzene rings is 2. The van der Waals surface area contributed by atoms with Gasteiger partial charge in [0.15, 0.2) is 9.84 Å². The molecule has 1 saturated carbocycles. The van der Waals surface area contributed by atoms with Crippen molar-refractivity contribution in [3.8, 4) is 0 Å². The molecule has 2 atom stereocenters. The van der Waals surface area contributed by atoms with Crippen molar-refractivity contribution < 1.29 is 58.2 Å². The third-order valence-electron chi connectivity index (χ3n) is 9.67. The Balaban J connectivity index is 1.62. The first-order valence-corrected chi connectivity index (χ1v) is 15.7. The number of carboxylic acid groups (broad SMARTS) is 1. The summed E-state index contributed by atoms with van der Waals surface area (Å²) in [5.74, 6) is -3.00. The first-order chi connectivity index (χ1) is 20.7. The number of likely N-dealkylation sites (tertiary alicyclic amines) is 1. The van der Waals surface area contributed by atoms with Crippen LogP contribution in [0, 0.1) is 12.8 Å². The van der Waals surface area contributed by atoms with Gasteiger partial charge in [0, 0.05) is 18.0 Å². The van der Waals surface area contributed by atoms with Gasteiger partial charge in [-0.25, -0.2) is 22.0 Å². The van der Waals surface area contributed by atoms with Crippen LogP contribution in [0.1, 0.15) is 60.8 Å². The van der Waals surface area contributed by atoms with Crippen LogP contribution in [0.5, 0.6) is 0 Å². The van der Waals surface area contributed by atoms with E-state index in [0.717, 1.165) is 6.07 Å². The fourth-order valence-electron chi connectivity index (χ4n) is 7.19. The van der Waals surface area contributed by atoms with E-state index >= 15 is 4.39 Å². The van der Waals surface area contributed by atoms with Gasteiger partial charge in [-0.3, -0.25) is 4.79 Å². The third kappa shape index (κ3) is 4.91. The molecule has 6 nitrogen and oxygen atoms in total. The van der Waals surface area contributed by atoms with Crippen LogP contribution >= 0.6 is 0 Å². The molecule has 2 aliphatic carbocycles.